The van der Waals surface area contributed by atoms with Crippen molar-refractivity contribution in [3.8, 4) is 5.75 Å². The molecule has 0 bridgehead atoms. The number of rotatable bonds is 8. The van der Waals surface area contributed by atoms with E-state index in [4.69, 9.17) is 9.47 Å². The van der Waals surface area contributed by atoms with Crippen LogP contribution in [0.4, 0.5) is 0 Å². The molecule has 0 saturated heterocycles. The number of carbonyl (C=O) groups excluding carboxylic acids is 1. The van der Waals surface area contributed by atoms with E-state index in [0.717, 1.165) is 10.6 Å². The highest BCUT2D eigenvalue weighted by Crippen LogP contribution is 2.51. The third kappa shape index (κ3) is 3.69. The second-order valence-electron chi connectivity index (χ2n) is 7.01. The van der Waals surface area contributed by atoms with Gasteiger partial charge in [0.2, 0.25) is 5.91 Å². The van der Waals surface area contributed by atoms with Crippen LogP contribution < -0.4 is 10.1 Å². The van der Waals surface area contributed by atoms with E-state index < -0.39 is 22.2 Å². The third-order valence-corrected chi connectivity index (χ3v) is 6.32. The number of methoxy groups -OCH3 is 1. The molecule has 0 heterocycles. The van der Waals surface area contributed by atoms with Crippen LogP contribution in [0.2, 0.25) is 0 Å². The molecule has 1 amide bonds. The summed E-state index contributed by atoms with van der Waals surface area (Å²) in [6.07, 6.45) is 0.0860. The van der Waals surface area contributed by atoms with Crippen molar-refractivity contribution < 1.29 is 24.2 Å². The number of benzene rings is 1. The lowest BCUT2D eigenvalue weighted by atomic mass is 9.54. The summed E-state index contributed by atoms with van der Waals surface area (Å²) < 4.78 is 10.7. The first kappa shape index (κ1) is 20.6. The summed E-state index contributed by atoms with van der Waals surface area (Å²) in [6, 6.07) is 7.40. The largest absolute Gasteiger partial charge is 0.497 e. The number of ether oxygens (including phenoxy) is 2. The van der Waals surface area contributed by atoms with Crippen LogP contribution in [0.15, 0.2) is 29.2 Å². The zero-order chi connectivity index (χ0) is 19.5. The molecule has 0 aromatic heterocycles. The average molecular weight is 381 g/mol. The summed E-state index contributed by atoms with van der Waals surface area (Å²) in [7, 11) is 1.60. The summed E-state index contributed by atoms with van der Waals surface area (Å²) in [5, 5.41) is 12.1. The Kier molecular flexibility index (Phi) is 6.24. The molecule has 26 heavy (non-hydrogen) atoms. The maximum absolute atomic E-state index is 12.7. The Morgan fingerprint density at radius 1 is 1.35 bits per heavy atom. The Morgan fingerprint density at radius 2 is 1.96 bits per heavy atom. The van der Waals surface area contributed by atoms with Gasteiger partial charge in [0, 0.05) is 23.3 Å². The van der Waals surface area contributed by atoms with E-state index in [9.17, 15) is 14.7 Å². The first-order chi connectivity index (χ1) is 12.2. The van der Waals surface area contributed by atoms with Crippen molar-refractivity contribution in [2.45, 2.75) is 55.9 Å². The molecule has 1 saturated carbocycles. The molecule has 7 heteroatoms. The standard InChI is InChI=1S/C19H27NO5S/c1-6-25-15-11-19(17(22)23,18(15,3)4)20-16(21)12(2)26-14-9-7-13(24-5)8-10-14/h7-10,12,15H,6,11H2,1-5H3,(H,20,21)(H,22,23). The highest BCUT2D eigenvalue weighted by Gasteiger charge is 2.66. The molecule has 0 radical (unpaired) electrons. The number of hydrogen-bond acceptors (Lipinski definition) is 5. The van der Waals surface area contributed by atoms with Gasteiger partial charge in [-0.2, -0.15) is 0 Å². The van der Waals surface area contributed by atoms with Gasteiger partial charge in [0.15, 0.2) is 0 Å². The van der Waals surface area contributed by atoms with Crippen molar-refractivity contribution in [2.24, 2.45) is 5.41 Å². The number of carboxylic acid groups (broad SMARTS) is 1. The van der Waals surface area contributed by atoms with E-state index >= 15 is 0 Å². The predicted octanol–water partition coefficient (Wildman–Crippen LogP) is 2.95. The minimum absolute atomic E-state index is 0.187. The van der Waals surface area contributed by atoms with Crippen molar-refractivity contribution in [1.29, 1.82) is 0 Å². The van der Waals surface area contributed by atoms with Crippen molar-refractivity contribution >= 4 is 23.6 Å². The van der Waals surface area contributed by atoms with Crippen LogP contribution in [0.1, 0.15) is 34.1 Å². The molecule has 1 aliphatic carbocycles. The van der Waals surface area contributed by atoms with E-state index in [1.165, 1.54) is 11.8 Å². The number of hydrogen-bond donors (Lipinski definition) is 2. The monoisotopic (exact) mass is 381 g/mol. The number of thioether (sulfide) groups is 1. The summed E-state index contributed by atoms with van der Waals surface area (Å²) >= 11 is 1.38. The maximum atomic E-state index is 12.7. The lowest BCUT2D eigenvalue weighted by Crippen LogP contribution is -2.76. The number of carboxylic acids is 1. The fourth-order valence-corrected chi connectivity index (χ4v) is 4.13. The molecule has 1 aromatic carbocycles. The molecule has 3 atom stereocenters. The topological polar surface area (TPSA) is 84.9 Å². The highest BCUT2D eigenvalue weighted by molar-refractivity contribution is 8.00. The lowest BCUT2D eigenvalue weighted by molar-refractivity contribution is -0.194. The fraction of sp³-hybridized carbons (Fsp3) is 0.579. The second-order valence-corrected chi connectivity index (χ2v) is 8.42. The van der Waals surface area contributed by atoms with Gasteiger partial charge in [-0.15, -0.1) is 11.8 Å². The molecule has 3 unspecified atom stereocenters. The summed E-state index contributed by atoms with van der Waals surface area (Å²) in [5.41, 5.74) is -1.99. The molecule has 144 valence electrons. The Hall–Kier alpha value is -1.73. The van der Waals surface area contributed by atoms with E-state index in [1.807, 2.05) is 45.0 Å². The van der Waals surface area contributed by atoms with Crippen LogP contribution in [0.3, 0.4) is 0 Å². The molecule has 2 rings (SSSR count). The van der Waals surface area contributed by atoms with Gasteiger partial charge in [-0.3, -0.25) is 4.79 Å². The Bertz CT molecular complexity index is 660. The van der Waals surface area contributed by atoms with Gasteiger partial charge in [0.1, 0.15) is 11.3 Å². The average Bonchev–Trinajstić information content (AvgIpc) is 2.60. The second kappa shape index (κ2) is 7.88. The molecule has 0 aliphatic heterocycles. The van der Waals surface area contributed by atoms with Crippen LogP contribution in [-0.2, 0) is 14.3 Å². The van der Waals surface area contributed by atoms with Gasteiger partial charge in [-0.05, 0) is 38.1 Å². The van der Waals surface area contributed by atoms with Crippen molar-refractivity contribution in [3.63, 3.8) is 0 Å². The van der Waals surface area contributed by atoms with Crippen molar-refractivity contribution in [1.82, 2.24) is 5.32 Å². The lowest BCUT2D eigenvalue weighted by Gasteiger charge is -2.58. The quantitative estimate of drug-likeness (QED) is 0.674. The first-order valence-electron chi connectivity index (χ1n) is 8.65. The van der Waals surface area contributed by atoms with E-state index in [2.05, 4.69) is 5.32 Å². The third-order valence-electron chi connectivity index (χ3n) is 5.21. The van der Waals surface area contributed by atoms with Crippen LogP contribution in [-0.4, -0.2) is 47.6 Å². The predicted molar refractivity (Wildman–Crippen MR) is 101 cm³/mol. The molecule has 0 spiro atoms. The van der Waals surface area contributed by atoms with Gasteiger partial charge in [-0.25, -0.2) is 4.79 Å². The molecular formula is C19H27NO5S. The summed E-state index contributed by atoms with van der Waals surface area (Å²) in [6.45, 7) is 7.81. The molecule has 6 nitrogen and oxygen atoms in total. The molecule has 2 N–H and O–H groups in total. The Morgan fingerprint density at radius 3 is 2.42 bits per heavy atom. The van der Waals surface area contributed by atoms with Crippen molar-refractivity contribution in [2.75, 3.05) is 13.7 Å². The fourth-order valence-electron chi connectivity index (χ4n) is 3.26. The number of amides is 1. The Balaban J connectivity index is 2.07. The number of nitrogens with one attached hydrogen (secondary N) is 1. The minimum Gasteiger partial charge on any atom is -0.497 e. The Labute approximate surface area is 158 Å². The van der Waals surface area contributed by atoms with Gasteiger partial charge < -0.3 is 19.9 Å². The number of aliphatic carboxylic acids is 1. The van der Waals surface area contributed by atoms with Gasteiger partial charge in [-0.1, -0.05) is 13.8 Å². The molecule has 1 aliphatic rings. The van der Waals surface area contributed by atoms with E-state index in [1.54, 1.807) is 14.0 Å². The number of carbonyl (C=O) groups is 2. The van der Waals surface area contributed by atoms with Crippen molar-refractivity contribution in [3.05, 3.63) is 24.3 Å². The van der Waals surface area contributed by atoms with Gasteiger partial charge >= 0.3 is 5.97 Å². The summed E-state index contributed by atoms with van der Waals surface area (Å²) in [5.74, 6) is -0.570. The normalized spacial score (nSPS) is 25.0. The maximum Gasteiger partial charge on any atom is 0.330 e. The van der Waals surface area contributed by atoms with Crippen LogP contribution >= 0.6 is 11.8 Å². The van der Waals surface area contributed by atoms with Crippen LogP contribution in [0.25, 0.3) is 0 Å². The zero-order valence-electron chi connectivity index (χ0n) is 15.9. The minimum atomic E-state index is -1.31. The SMILES string of the molecule is CCOC1CC(NC(=O)C(C)Sc2ccc(OC)cc2)(C(=O)O)C1(C)C. The van der Waals surface area contributed by atoms with E-state index in [0.29, 0.717) is 6.61 Å². The molecular weight excluding hydrogens is 354 g/mol. The smallest absolute Gasteiger partial charge is 0.330 e. The molecule has 1 fully saturated rings. The first-order valence-corrected chi connectivity index (χ1v) is 9.53. The zero-order valence-corrected chi connectivity index (χ0v) is 16.7. The van der Waals surface area contributed by atoms with Gasteiger partial charge in [0.25, 0.3) is 0 Å². The van der Waals surface area contributed by atoms with E-state index in [-0.39, 0.29) is 18.4 Å². The van der Waals surface area contributed by atoms with Gasteiger partial charge in [0.05, 0.1) is 18.5 Å². The summed E-state index contributed by atoms with van der Waals surface area (Å²) in [4.78, 5) is 25.6. The highest BCUT2D eigenvalue weighted by atomic mass is 32.2. The van der Waals surface area contributed by atoms with Crippen LogP contribution in [0, 0.1) is 5.41 Å². The molecule has 1 aromatic rings. The van der Waals surface area contributed by atoms with Crippen LogP contribution in [0.5, 0.6) is 5.75 Å².